The van der Waals surface area contributed by atoms with Crippen molar-refractivity contribution in [3.8, 4) is 0 Å². The first kappa shape index (κ1) is 10.4. The van der Waals surface area contributed by atoms with Gasteiger partial charge in [0, 0.05) is 29.5 Å². The van der Waals surface area contributed by atoms with E-state index in [1.807, 2.05) is 18.2 Å². The van der Waals surface area contributed by atoms with Crippen LogP contribution in [0.3, 0.4) is 0 Å². The zero-order valence-corrected chi connectivity index (χ0v) is 9.79. The van der Waals surface area contributed by atoms with Crippen LogP contribution in [-0.2, 0) is 13.1 Å². The van der Waals surface area contributed by atoms with Gasteiger partial charge in [-0.05, 0) is 23.8 Å². The summed E-state index contributed by atoms with van der Waals surface area (Å²) in [5, 5.41) is 10.1. The molecule has 4 heteroatoms. The first-order chi connectivity index (χ1) is 7.34. The van der Waals surface area contributed by atoms with Gasteiger partial charge in [0.2, 0.25) is 0 Å². The van der Waals surface area contributed by atoms with Crippen LogP contribution in [0.1, 0.15) is 11.3 Å². The lowest BCUT2D eigenvalue weighted by Gasteiger charge is -2.03. The van der Waals surface area contributed by atoms with E-state index in [0.717, 1.165) is 23.3 Å². The molecule has 1 aromatic heterocycles. The molecule has 0 fully saturated rings. The van der Waals surface area contributed by atoms with Crippen molar-refractivity contribution in [2.45, 2.75) is 13.1 Å². The van der Waals surface area contributed by atoms with E-state index in [2.05, 4.69) is 43.6 Å². The van der Waals surface area contributed by atoms with Crippen LogP contribution in [0, 0.1) is 0 Å². The molecule has 15 heavy (non-hydrogen) atoms. The van der Waals surface area contributed by atoms with Gasteiger partial charge in [0.25, 0.3) is 0 Å². The minimum Gasteiger partial charge on any atom is -0.307 e. The molecule has 0 bridgehead atoms. The molecule has 0 aliphatic heterocycles. The summed E-state index contributed by atoms with van der Waals surface area (Å²) in [7, 11) is 0. The minimum absolute atomic E-state index is 0.816. The number of H-pyrrole nitrogens is 1. The number of aromatic nitrogens is 2. The van der Waals surface area contributed by atoms with E-state index < -0.39 is 0 Å². The Hall–Kier alpha value is -1.13. The topological polar surface area (TPSA) is 40.7 Å². The summed E-state index contributed by atoms with van der Waals surface area (Å²) in [6, 6.07) is 10.3. The van der Waals surface area contributed by atoms with Gasteiger partial charge in [-0.25, -0.2) is 0 Å². The Balaban J connectivity index is 1.81. The van der Waals surface area contributed by atoms with Crippen molar-refractivity contribution in [1.29, 1.82) is 0 Å². The molecular formula is C11H12BrN3. The molecule has 0 aliphatic carbocycles. The van der Waals surface area contributed by atoms with Crippen LogP contribution in [0.4, 0.5) is 0 Å². The molecule has 0 unspecified atom stereocenters. The number of nitrogens with one attached hydrogen (secondary N) is 2. The van der Waals surface area contributed by atoms with E-state index in [9.17, 15) is 0 Å². The van der Waals surface area contributed by atoms with Gasteiger partial charge in [-0.3, -0.25) is 5.10 Å². The fourth-order valence-corrected chi connectivity index (χ4v) is 1.59. The van der Waals surface area contributed by atoms with Gasteiger partial charge in [0.05, 0.1) is 0 Å². The third-order valence-electron chi connectivity index (χ3n) is 2.12. The highest BCUT2D eigenvalue weighted by Crippen LogP contribution is 2.10. The summed E-state index contributed by atoms with van der Waals surface area (Å²) in [5.74, 6) is 0. The van der Waals surface area contributed by atoms with E-state index >= 15 is 0 Å². The molecule has 0 saturated heterocycles. The summed E-state index contributed by atoms with van der Waals surface area (Å²) in [6.07, 6.45) is 1.76. The standard InChI is InChI=1S/C11H12BrN3/c12-10-3-1-9(2-4-10)7-13-8-11-5-6-14-15-11/h1-6,13H,7-8H2,(H,14,15). The average Bonchev–Trinajstić information content (AvgIpc) is 2.74. The highest BCUT2D eigenvalue weighted by atomic mass is 79.9. The highest BCUT2D eigenvalue weighted by molar-refractivity contribution is 9.10. The zero-order chi connectivity index (χ0) is 10.5. The predicted octanol–water partition coefficient (Wildman–Crippen LogP) is 2.46. The first-order valence-electron chi connectivity index (χ1n) is 4.78. The number of halogens is 1. The van der Waals surface area contributed by atoms with Crippen molar-refractivity contribution < 1.29 is 0 Å². The Bertz CT molecular complexity index is 394. The number of nitrogens with zero attached hydrogens (tertiary/aromatic N) is 1. The van der Waals surface area contributed by atoms with Gasteiger partial charge in [0.1, 0.15) is 0 Å². The van der Waals surface area contributed by atoms with Crippen LogP contribution >= 0.6 is 15.9 Å². The molecule has 0 saturated carbocycles. The Morgan fingerprint density at radius 1 is 1.13 bits per heavy atom. The molecule has 0 amide bonds. The van der Waals surface area contributed by atoms with Gasteiger partial charge in [-0.15, -0.1) is 0 Å². The summed E-state index contributed by atoms with van der Waals surface area (Å²) >= 11 is 3.41. The van der Waals surface area contributed by atoms with E-state index in [-0.39, 0.29) is 0 Å². The summed E-state index contributed by atoms with van der Waals surface area (Å²) in [4.78, 5) is 0. The van der Waals surface area contributed by atoms with Crippen molar-refractivity contribution >= 4 is 15.9 Å². The monoisotopic (exact) mass is 265 g/mol. The van der Waals surface area contributed by atoms with Gasteiger partial charge < -0.3 is 5.32 Å². The zero-order valence-electron chi connectivity index (χ0n) is 8.20. The Labute approximate surface area is 97.0 Å². The van der Waals surface area contributed by atoms with Gasteiger partial charge in [-0.2, -0.15) is 5.10 Å². The Morgan fingerprint density at radius 3 is 2.60 bits per heavy atom. The van der Waals surface area contributed by atoms with E-state index in [4.69, 9.17) is 0 Å². The molecule has 0 radical (unpaired) electrons. The lowest BCUT2D eigenvalue weighted by atomic mass is 10.2. The van der Waals surface area contributed by atoms with Crippen molar-refractivity contribution in [3.05, 3.63) is 52.3 Å². The number of hydrogen-bond acceptors (Lipinski definition) is 2. The first-order valence-corrected chi connectivity index (χ1v) is 5.57. The Kier molecular flexibility index (Phi) is 3.53. The SMILES string of the molecule is Brc1ccc(CNCc2ccn[nH]2)cc1. The largest absolute Gasteiger partial charge is 0.307 e. The average molecular weight is 266 g/mol. The van der Waals surface area contributed by atoms with Crippen LogP contribution in [0.2, 0.25) is 0 Å². The van der Waals surface area contributed by atoms with Crippen LogP contribution in [0.25, 0.3) is 0 Å². The van der Waals surface area contributed by atoms with Gasteiger partial charge >= 0.3 is 0 Å². The maximum Gasteiger partial charge on any atom is 0.0490 e. The molecule has 1 heterocycles. The number of hydrogen-bond donors (Lipinski definition) is 2. The summed E-state index contributed by atoms with van der Waals surface area (Å²) in [6.45, 7) is 1.68. The maximum atomic E-state index is 3.89. The van der Waals surface area contributed by atoms with Gasteiger partial charge in [-0.1, -0.05) is 28.1 Å². The quantitative estimate of drug-likeness (QED) is 0.892. The lowest BCUT2D eigenvalue weighted by Crippen LogP contribution is -2.12. The summed E-state index contributed by atoms with van der Waals surface area (Å²) in [5.41, 5.74) is 2.38. The second-order valence-corrected chi connectivity index (χ2v) is 4.23. The molecule has 0 aliphatic rings. The Morgan fingerprint density at radius 2 is 1.93 bits per heavy atom. The van der Waals surface area contributed by atoms with Crippen LogP contribution in [0.5, 0.6) is 0 Å². The molecule has 0 atom stereocenters. The molecule has 0 spiro atoms. The molecule has 78 valence electrons. The van der Waals surface area contributed by atoms with Crippen LogP contribution < -0.4 is 5.32 Å². The second-order valence-electron chi connectivity index (χ2n) is 3.31. The normalized spacial score (nSPS) is 10.5. The molecule has 2 N–H and O–H groups in total. The number of benzene rings is 1. The van der Waals surface area contributed by atoms with Crippen LogP contribution in [-0.4, -0.2) is 10.2 Å². The molecule has 2 aromatic rings. The minimum atomic E-state index is 0.816. The van der Waals surface area contributed by atoms with E-state index in [0.29, 0.717) is 0 Å². The molecule has 2 rings (SSSR count). The number of aromatic amines is 1. The van der Waals surface area contributed by atoms with E-state index in [1.54, 1.807) is 6.20 Å². The van der Waals surface area contributed by atoms with Crippen molar-refractivity contribution in [2.24, 2.45) is 0 Å². The molecule has 1 aromatic carbocycles. The lowest BCUT2D eigenvalue weighted by molar-refractivity contribution is 0.677. The fraction of sp³-hybridized carbons (Fsp3) is 0.182. The third-order valence-corrected chi connectivity index (χ3v) is 2.64. The summed E-state index contributed by atoms with van der Waals surface area (Å²) < 4.78 is 1.11. The van der Waals surface area contributed by atoms with E-state index in [1.165, 1.54) is 5.56 Å². The second kappa shape index (κ2) is 5.09. The number of rotatable bonds is 4. The highest BCUT2D eigenvalue weighted by Gasteiger charge is 1.94. The third kappa shape index (κ3) is 3.18. The smallest absolute Gasteiger partial charge is 0.0490 e. The molecular weight excluding hydrogens is 254 g/mol. The maximum absolute atomic E-state index is 3.89. The predicted molar refractivity (Wildman–Crippen MR) is 63.3 cm³/mol. The van der Waals surface area contributed by atoms with Crippen molar-refractivity contribution in [1.82, 2.24) is 15.5 Å². The molecule has 3 nitrogen and oxygen atoms in total. The van der Waals surface area contributed by atoms with Gasteiger partial charge in [0.15, 0.2) is 0 Å². The van der Waals surface area contributed by atoms with Crippen LogP contribution in [0.15, 0.2) is 41.0 Å². The van der Waals surface area contributed by atoms with Crippen molar-refractivity contribution in [3.63, 3.8) is 0 Å². The van der Waals surface area contributed by atoms with Crippen molar-refractivity contribution in [2.75, 3.05) is 0 Å². The fourth-order valence-electron chi connectivity index (χ4n) is 1.33.